The number of hydrogen-bond donors (Lipinski definition) is 3. The van der Waals surface area contributed by atoms with Crippen molar-refractivity contribution >= 4 is 23.3 Å². The summed E-state index contributed by atoms with van der Waals surface area (Å²) in [5.41, 5.74) is 1.58. The first-order valence-corrected chi connectivity index (χ1v) is 6.54. The molecule has 1 heterocycles. The Hall–Kier alpha value is -2.08. The third kappa shape index (κ3) is 3.96. The van der Waals surface area contributed by atoms with Gasteiger partial charge < -0.3 is 20.5 Å². The maximum atomic E-state index is 11.0. The molecule has 0 spiro atoms. The van der Waals surface area contributed by atoms with E-state index in [1.807, 2.05) is 18.2 Å². The standard InChI is InChI=1S/C14H18N2O4/c1-9(17)16-11-4-2-3-10(7-11)15-8-12-5-6-13(20-12)14(18)19/h2-4,7,12-13,15H,5-6,8H2,1H3,(H,16,17)(H,18,19). The van der Waals surface area contributed by atoms with E-state index in [1.54, 1.807) is 6.07 Å². The summed E-state index contributed by atoms with van der Waals surface area (Å²) in [7, 11) is 0. The molecule has 3 N–H and O–H groups in total. The molecule has 1 fully saturated rings. The van der Waals surface area contributed by atoms with E-state index in [1.165, 1.54) is 6.92 Å². The van der Waals surface area contributed by atoms with Crippen LogP contribution in [0.1, 0.15) is 19.8 Å². The Morgan fingerprint density at radius 1 is 1.35 bits per heavy atom. The number of carbonyl (C=O) groups is 2. The summed E-state index contributed by atoms with van der Waals surface area (Å²) in [6.07, 6.45) is 0.496. The number of ether oxygens (including phenoxy) is 1. The predicted octanol–water partition coefficient (Wildman–Crippen LogP) is 1.69. The summed E-state index contributed by atoms with van der Waals surface area (Å²) >= 11 is 0. The van der Waals surface area contributed by atoms with Crippen LogP contribution in [-0.2, 0) is 14.3 Å². The molecule has 6 heteroatoms. The van der Waals surface area contributed by atoms with E-state index in [2.05, 4.69) is 10.6 Å². The molecule has 2 atom stereocenters. The lowest BCUT2D eigenvalue weighted by molar-refractivity contribution is -0.149. The van der Waals surface area contributed by atoms with Crippen LogP contribution in [0.4, 0.5) is 11.4 Å². The van der Waals surface area contributed by atoms with Crippen molar-refractivity contribution in [3.05, 3.63) is 24.3 Å². The Kier molecular flexibility index (Phi) is 4.57. The SMILES string of the molecule is CC(=O)Nc1cccc(NCC2CCC(C(=O)O)O2)c1. The summed E-state index contributed by atoms with van der Waals surface area (Å²) in [4.78, 5) is 21.8. The number of carboxylic acids is 1. The average Bonchev–Trinajstić information content (AvgIpc) is 2.85. The topological polar surface area (TPSA) is 87.7 Å². The fraction of sp³-hybridized carbons (Fsp3) is 0.429. The van der Waals surface area contributed by atoms with Crippen molar-refractivity contribution in [3.63, 3.8) is 0 Å². The van der Waals surface area contributed by atoms with Crippen LogP contribution in [-0.4, -0.2) is 35.7 Å². The number of aliphatic carboxylic acids is 1. The minimum atomic E-state index is -0.903. The quantitative estimate of drug-likeness (QED) is 0.763. The number of anilines is 2. The Labute approximate surface area is 117 Å². The van der Waals surface area contributed by atoms with Crippen LogP contribution >= 0.6 is 0 Å². The van der Waals surface area contributed by atoms with Crippen molar-refractivity contribution in [2.24, 2.45) is 0 Å². The summed E-state index contributed by atoms with van der Waals surface area (Å²) in [6.45, 7) is 2.01. The molecule has 6 nitrogen and oxygen atoms in total. The van der Waals surface area contributed by atoms with Gasteiger partial charge in [0, 0.05) is 24.8 Å². The van der Waals surface area contributed by atoms with Crippen LogP contribution in [0.5, 0.6) is 0 Å². The van der Waals surface area contributed by atoms with Crippen molar-refractivity contribution in [2.45, 2.75) is 32.0 Å². The molecular weight excluding hydrogens is 260 g/mol. The van der Waals surface area contributed by atoms with E-state index >= 15 is 0 Å². The van der Waals surface area contributed by atoms with Crippen molar-refractivity contribution in [3.8, 4) is 0 Å². The summed E-state index contributed by atoms with van der Waals surface area (Å²) < 4.78 is 5.41. The molecular formula is C14H18N2O4. The predicted molar refractivity (Wildman–Crippen MR) is 74.8 cm³/mol. The number of hydrogen-bond acceptors (Lipinski definition) is 4. The second kappa shape index (κ2) is 6.38. The second-order valence-corrected chi connectivity index (χ2v) is 4.81. The van der Waals surface area contributed by atoms with Crippen molar-refractivity contribution in [1.82, 2.24) is 0 Å². The molecule has 0 bridgehead atoms. The summed E-state index contributed by atoms with van der Waals surface area (Å²) in [6, 6.07) is 7.35. The molecule has 1 aromatic rings. The number of benzene rings is 1. The average molecular weight is 278 g/mol. The van der Waals surface area contributed by atoms with E-state index in [-0.39, 0.29) is 12.0 Å². The molecule has 0 aromatic heterocycles. The zero-order chi connectivity index (χ0) is 14.5. The highest BCUT2D eigenvalue weighted by Crippen LogP contribution is 2.21. The van der Waals surface area contributed by atoms with E-state index < -0.39 is 12.1 Å². The number of amides is 1. The smallest absolute Gasteiger partial charge is 0.332 e. The fourth-order valence-electron chi connectivity index (χ4n) is 2.18. The molecule has 1 aliphatic rings. The zero-order valence-electron chi connectivity index (χ0n) is 11.3. The van der Waals surface area contributed by atoms with Gasteiger partial charge in [-0.2, -0.15) is 0 Å². The van der Waals surface area contributed by atoms with Gasteiger partial charge in [-0.3, -0.25) is 4.79 Å². The van der Waals surface area contributed by atoms with Gasteiger partial charge in [0.05, 0.1) is 6.10 Å². The van der Waals surface area contributed by atoms with Gasteiger partial charge in [-0.05, 0) is 31.0 Å². The molecule has 2 rings (SSSR count). The first kappa shape index (κ1) is 14.3. The maximum Gasteiger partial charge on any atom is 0.332 e. The third-order valence-corrected chi connectivity index (χ3v) is 3.10. The number of carbonyl (C=O) groups excluding carboxylic acids is 1. The van der Waals surface area contributed by atoms with E-state index in [0.29, 0.717) is 13.0 Å². The number of rotatable bonds is 5. The van der Waals surface area contributed by atoms with Crippen molar-refractivity contribution in [1.29, 1.82) is 0 Å². The van der Waals surface area contributed by atoms with Gasteiger partial charge in [-0.25, -0.2) is 4.79 Å². The monoisotopic (exact) mass is 278 g/mol. The van der Waals surface area contributed by atoms with Crippen molar-refractivity contribution < 1.29 is 19.4 Å². The van der Waals surface area contributed by atoms with Crippen LogP contribution in [0, 0.1) is 0 Å². The number of nitrogens with one attached hydrogen (secondary N) is 2. The van der Waals surface area contributed by atoms with Gasteiger partial charge in [0.25, 0.3) is 0 Å². The van der Waals surface area contributed by atoms with Crippen LogP contribution in [0.25, 0.3) is 0 Å². The lowest BCUT2D eigenvalue weighted by Crippen LogP contribution is -2.24. The molecule has 2 unspecified atom stereocenters. The Morgan fingerprint density at radius 3 is 2.75 bits per heavy atom. The van der Waals surface area contributed by atoms with Crippen LogP contribution < -0.4 is 10.6 Å². The summed E-state index contributed by atoms with van der Waals surface area (Å²) in [5.74, 6) is -1.02. The second-order valence-electron chi connectivity index (χ2n) is 4.81. The van der Waals surface area contributed by atoms with E-state index in [9.17, 15) is 9.59 Å². The molecule has 1 aromatic carbocycles. The van der Waals surface area contributed by atoms with Crippen LogP contribution in [0.2, 0.25) is 0 Å². The molecule has 20 heavy (non-hydrogen) atoms. The number of carboxylic acid groups (broad SMARTS) is 1. The fourth-order valence-corrected chi connectivity index (χ4v) is 2.18. The summed E-state index contributed by atoms with van der Waals surface area (Å²) in [5, 5.41) is 14.7. The molecule has 1 saturated heterocycles. The Morgan fingerprint density at radius 2 is 2.10 bits per heavy atom. The normalized spacial score (nSPS) is 21.4. The highest BCUT2D eigenvalue weighted by Gasteiger charge is 2.30. The van der Waals surface area contributed by atoms with Gasteiger partial charge in [-0.1, -0.05) is 6.07 Å². The molecule has 1 aliphatic heterocycles. The van der Waals surface area contributed by atoms with Crippen LogP contribution in [0.3, 0.4) is 0 Å². The largest absolute Gasteiger partial charge is 0.479 e. The molecule has 0 radical (unpaired) electrons. The molecule has 108 valence electrons. The maximum absolute atomic E-state index is 11.0. The van der Waals surface area contributed by atoms with Gasteiger partial charge in [-0.15, -0.1) is 0 Å². The highest BCUT2D eigenvalue weighted by atomic mass is 16.5. The highest BCUT2D eigenvalue weighted by molar-refractivity contribution is 5.89. The van der Waals surface area contributed by atoms with E-state index in [4.69, 9.17) is 9.84 Å². The van der Waals surface area contributed by atoms with Crippen LogP contribution in [0.15, 0.2) is 24.3 Å². The first-order valence-electron chi connectivity index (χ1n) is 6.54. The molecule has 0 aliphatic carbocycles. The van der Waals surface area contributed by atoms with Gasteiger partial charge in [0.1, 0.15) is 0 Å². The Balaban J connectivity index is 1.85. The molecule has 0 saturated carbocycles. The lowest BCUT2D eigenvalue weighted by Gasteiger charge is -2.14. The van der Waals surface area contributed by atoms with Gasteiger partial charge in [0.2, 0.25) is 5.91 Å². The zero-order valence-corrected chi connectivity index (χ0v) is 11.3. The van der Waals surface area contributed by atoms with E-state index in [0.717, 1.165) is 17.8 Å². The van der Waals surface area contributed by atoms with Gasteiger partial charge in [0.15, 0.2) is 6.10 Å². The van der Waals surface area contributed by atoms with Gasteiger partial charge >= 0.3 is 5.97 Å². The van der Waals surface area contributed by atoms with Crippen molar-refractivity contribution in [2.75, 3.05) is 17.2 Å². The first-order chi connectivity index (χ1) is 9.54. The third-order valence-electron chi connectivity index (χ3n) is 3.10. The Bertz CT molecular complexity index is 504. The molecule has 1 amide bonds. The minimum Gasteiger partial charge on any atom is -0.479 e. The minimum absolute atomic E-state index is 0.0967. The lowest BCUT2D eigenvalue weighted by atomic mass is 10.2.